The van der Waals surface area contributed by atoms with E-state index in [0.717, 1.165) is 19.0 Å². The van der Waals surface area contributed by atoms with Crippen LogP contribution in [0.1, 0.15) is 24.0 Å². The highest BCUT2D eigenvalue weighted by atomic mass is 79.9. The predicted molar refractivity (Wildman–Crippen MR) is 77.7 cm³/mol. The summed E-state index contributed by atoms with van der Waals surface area (Å²) in [5.41, 5.74) is 3.88. The maximum Gasteiger partial charge on any atom is 0.0514 e. The van der Waals surface area contributed by atoms with Gasteiger partial charge in [-0.2, -0.15) is 0 Å². The van der Waals surface area contributed by atoms with Crippen LogP contribution >= 0.6 is 15.9 Å². The van der Waals surface area contributed by atoms with Crippen LogP contribution in [0.3, 0.4) is 0 Å². The molecule has 1 atom stereocenters. The summed E-state index contributed by atoms with van der Waals surface area (Å²) in [5, 5.41) is 7.05. The Bertz CT molecular complexity index is 361. The third-order valence-electron chi connectivity index (χ3n) is 3.40. The minimum Gasteiger partial charge on any atom is -0.384 e. The number of anilines is 1. The molecule has 1 aromatic rings. The van der Waals surface area contributed by atoms with Crippen molar-refractivity contribution < 1.29 is 0 Å². The molecular weight excluding hydrogens is 276 g/mol. The Morgan fingerprint density at radius 3 is 2.88 bits per heavy atom. The molecule has 1 fully saturated rings. The van der Waals surface area contributed by atoms with Crippen molar-refractivity contribution in [1.29, 1.82) is 0 Å². The molecule has 1 aliphatic rings. The van der Waals surface area contributed by atoms with Crippen molar-refractivity contribution in [3.8, 4) is 0 Å². The normalized spacial score (nSPS) is 20.3. The van der Waals surface area contributed by atoms with Gasteiger partial charge in [0.1, 0.15) is 0 Å². The van der Waals surface area contributed by atoms with Crippen molar-refractivity contribution in [2.24, 2.45) is 5.92 Å². The molecule has 0 aromatic heterocycles. The fourth-order valence-electron chi connectivity index (χ4n) is 2.48. The van der Waals surface area contributed by atoms with Crippen LogP contribution in [0.25, 0.3) is 0 Å². The van der Waals surface area contributed by atoms with Crippen molar-refractivity contribution >= 4 is 21.6 Å². The maximum atomic E-state index is 3.64. The van der Waals surface area contributed by atoms with Crippen molar-refractivity contribution in [3.05, 3.63) is 27.7 Å². The zero-order chi connectivity index (χ0) is 12.3. The van der Waals surface area contributed by atoms with Crippen LogP contribution < -0.4 is 10.6 Å². The molecule has 0 amide bonds. The van der Waals surface area contributed by atoms with Crippen LogP contribution in [-0.2, 0) is 0 Å². The first kappa shape index (κ1) is 12.9. The topological polar surface area (TPSA) is 24.1 Å². The molecule has 1 aromatic carbocycles. The van der Waals surface area contributed by atoms with Gasteiger partial charge in [-0.15, -0.1) is 0 Å². The first-order valence-electron chi connectivity index (χ1n) is 6.38. The summed E-state index contributed by atoms with van der Waals surface area (Å²) in [6.07, 6.45) is 2.64. The van der Waals surface area contributed by atoms with Crippen molar-refractivity contribution in [3.63, 3.8) is 0 Å². The summed E-state index contributed by atoms with van der Waals surface area (Å²) in [7, 11) is 0. The molecule has 1 aliphatic heterocycles. The molecule has 1 heterocycles. The fourth-order valence-corrected chi connectivity index (χ4v) is 3.30. The molecule has 0 bridgehead atoms. The third kappa shape index (κ3) is 3.46. The van der Waals surface area contributed by atoms with E-state index in [4.69, 9.17) is 0 Å². The van der Waals surface area contributed by atoms with Crippen molar-refractivity contribution in [2.75, 3.05) is 25.0 Å². The largest absolute Gasteiger partial charge is 0.384 e. The Labute approximate surface area is 112 Å². The average Bonchev–Trinajstić information content (AvgIpc) is 2.29. The van der Waals surface area contributed by atoms with Gasteiger partial charge in [-0.3, -0.25) is 0 Å². The van der Waals surface area contributed by atoms with Crippen molar-refractivity contribution in [2.45, 2.75) is 26.7 Å². The molecule has 2 N–H and O–H groups in total. The van der Waals surface area contributed by atoms with E-state index in [1.807, 2.05) is 0 Å². The van der Waals surface area contributed by atoms with E-state index in [-0.39, 0.29) is 0 Å². The van der Waals surface area contributed by atoms with Gasteiger partial charge in [0.15, 0.2) is 0 Å². The van der Waals surface area contributed by atoms with E-state index in [0.29, 0.717) is 0 Å². The van der Waals surface area contributed by atoms with E-state index in [1.165, 1.54) is 40.7 Å². The van der Waals surface area contributed by atoms with Crippen LogP contribution in [0, 0.1) is 19.8 Å². The number of piperidine rings is 1. The molecule has 0 aliphatic carbocycles. The molecule has 3 heteroatoms. The number of hydrogen-bond donors (Lipinski definition) is 2. The zero-order valence-electron chi connectivity index (χ0n) is 10.6. The minimum absolute atomic E-state index is 0.761. The van der Waals surface area contributed by atoms with Crippen LogP contribution in [0.15, 0.2) is 16.6 Å². The quantitative estimate of drug-likeness (QED) is 0.892. The Morgan fingerprint density at radius 1 is 1.41 bits per heavy atom. The average molecular weight is 297 g/mol. The fraction of sp³-hybridized carbons (Fsp3) is 0.571. The van der Waals surface area contributed by atoms with Crippen molar-refractivity contribution in [1.82, 2.24) is 5.32 Å². The number of hydrogen-bond acceptors (Lipinski definition) is 2. The van der Waals surface area contributed by atoms with Gasteiger partial charge in [-0.05, 0) is 78.8 Å². The van der Waals surface area contributed by atoms with Gasteiger partial charge >= 0.3 is 0 Å². The van der Waals surface area contributed by atoms with Crippen LogP contribution in [0.5, 0.6) is 0 Å². The highest BCUT2D eigenvalue weighted by Gasteiger charge is 2.13. The van der Waals surface area contributed by atoms with E-state index >= 15 is 0 Å². The number of benzene rings is 1. The second-order valence-electron chi connectivity index (χ2n) is 5.03. The lowest BCUT2D eigenvalue weighted by molar-refractivity contribution is 0.393. The second-order valence-corrected chi connectivity index (χ2v) is 5.89. The Hall–Kier alpha value is -0.540. The molecule has 2 nitrogen and oxygen atoms in total. The molecule has 2 rings (SSSR count). The molecule has 17 heavy (non-hydrogen) atoms. The van der Waals surface area contributed by atoms with Crippen LogP contribution in [0.2, 0.25) is 0 Å². The first-order valence-corrected chi connectivity index (χ1v) is 7.17. The standard InChI is InChI=1S/C14H21BrN2/c1-10-6-11(2)14(13(15)7-10)17-9-12-4-3-5-16-8-12/h6-7,12,16-17H,3-5,8-9H2,1-2H3. The van der Waals surface area contributed by atoms with Crippen LogP contribution in [0.4, 0.5) is 5.69 Å². The Balaban J connectivity index is 1.98. The molecular formula is C14H21BrN2. The van der Waals surface area contributed by atoms with Gasteiger partial charge in [0.2, 0.25) is 0 Å². The Kier molecular flexibility index (Phi) is 4.46. The minimum atomic E-state index is 0.761. The summed E-state index contributed by atoms with van der Waals surface area (Å²) in [6, 6.07) is 4.40. The molecule has 1 unspecified atom stereocenters. The summed E-state index contributed by atoms with van der Waals surface area (Å²) >= 11 is 3.64. The van der Waals surface area contributed by atoms with Gasteiger partial charge in [-0.1, -0.05) is 6.07 Å². The predicted octanol–water partition coefficient (Wildman–Crippen LogP) is 3.48. The summed E-state index contributed by atoms with van der Waals surface area (Å²) in [4.78, 5) is 0. The molecule has 1 saturated heterocycles. The highest BCUT2D eigenvalue weighted by Crippen LogP contribution is 2.28. The van der Waals surface area contributed by atoms with E-state index < -0.39 is 0 Å². The lowest BCUT2D eigenvalue weighted by Gasteiger charge is -2.24. The smallest absolute Gasteiger partial charge is 0.0514 e. The Morgan fingerprint density at radius 2 is 2.24 bits per heavy atom. The number of halogens is 1. The number of nitrogens with one attached hydrogen (secondary N) is 2. The van der Waals surface area contributed by atoms with Gasteiger partial charge in [0.25, 0.3) is 0 Å². The number of rotatable bonds is 3. The number of aryl methyl sites for hydroxylation is 2. The molecule has 94 valence electrons. The van der Waals surface area contributed by atoms with Gasteiger partial charge < -0.3 is 10.6 Å². The van der Waals surface area contributed by atoms with Gasteiger partial charge in [-0.25, -0.2) is 0 Å². The highest BCUT2D eigenvalue weighted by molar-refractivity contribution is 9.10. The van der Waals surface area contributed by atoms with E-state index in [2.05, 4.69) is 52.5 Å². The lowest BCUT2D eigenvalue weighted by Crippen LogP contribution is -2.33. The first-order chi connectivity index (χ1) is 8.16. The summed E-state index contributed by atoms with van der Waals surface area (Å²) < 4.78 is 1.18. The third-order valence-corrected chi connectivity index (χ3v) is 4.02. The molecule has 0 radical (unpaired) electrons. The SMILES string of the molecule is Cc1cc(C)c(NCC2CCCNC2)c(Br)c1. The van der Waals surface area contributed by atoms with Gasteiger partial charge in [0, 0.05) is 11.0 Å². The molecule has 0 spiro atoms. The van der Waals surface area contributed by atoms with E-state index in [1.54, 1.807) is 0 Å². The summed E-state index contributed by atoms with van der Waals surface area (Å²) in [6.45, 7) is 7.70. The zero-order valence-corrected chi connectivity index (χ0v) is 12.2. The summed E-state index contributed by atoms with van der Waals surface area (Å²) in [5.74, 6) is 0.761. The molecule has 0 saturated carbocycles. The monoisotopic (exact) mass is 296 g/mol. The van der Waals surface area contributed by atoms with Gasteiger partial charge in [0.05, 0.1) is 5.69 Å². The second kappa shape index (κ2) is 5.87. The van der Waals surface area contributed by atoms with E-state index in [9.17, 15) is 0 Å². The van der Waals surface area contributed by atoms with Crippen LogP contribution in [-0.4, -0.2) is 19.6 Å². The maximum absolute atomic E-state index is 3.64. The lowest BCUT2D eigenvalue weighted by atomic mass is 9.99.